The second-order valence-electron chi connectivity index (χ2n) is 5.15. The van der Waals surface area contributed by atoms with E-state index < -0.39 is 0 Å². The summed E-state index contributed by atoms with van der Waals surface area (Å²) in [4.78, 5) is 20.5. The summed E-state index contributed by atoms with van der Waals surface area (Å²) in [6, 6.07) is 7.09. The molecule has 2 aromatic heterocycles. The van der Waals surface area contributed by atoms with Gasteiger partial charge in [-0.1, -0.05) is 12.1 Å². The fraction of sp³-hybridized carbons (Fsp3) is 0.0556. The van der Waals surface area contributed by atoms with Gasteiger partial charge in [0.25, 0.3) is 0 Å². The molecule has 0 aliphatic rings. The molecule has 7 nitrogen and oxygen atoms in total. The van der Waals surface area contributed by atoms with Gasteiger partial charge >= 0.3 is 0 Å². The van der Waals surface area contributed by atoms with Gasteiger partial charge in [-0.15, -0.1) is 0 Å². The molecule has 0 radical (unpaired) electrons. The van der Waals surface area contributed by atoms with E-state index in [2.05, 4.69) is 20.4 Å². The van der Waals surface area contributed by atoms with Crippen LogP contribution < -0.4 is 10.7 Å². The van der Waals surface area contributed by atoms with Crippen LogP contribution in [-0.4, -0.2) is 33.0 Å². The average molecular weight is 332 g/mol. The number of nitrogens with zero attached hydrogens (tertiary/aromatic N) is 4. The van der Waals surface area contributed by atoms with E-state index in [9.17, 15) is 4.79 Å². The summed E-state index contributed by atoms with van der Waals surface area (Å²) in [6.07, 6.45) is 11.0. The quantitative estimate of drug-likeness (QED) is 0.697. The van der Waals surface area contributed by atoms with Gasteiger partial charge < -0.3 is 10.7 Å². The van der Waals surface area contributed by atoms with Crippen LogP contribution in [0.1, 0.15) is 11.3 Å². The Morgan fingerprint density at radius 2 is 1.96 bits per heavy atom. The molecule has 0 atom stereocenters. The molecule has 0 fully saturated rings. The Kier molecular flexibility index (Phi) is 4.75. The zero-order valence-electron chi connectivity index (χ0n) is 13.5. The predicted molar refractivity (Wildman–Crippen MR) is 99.1 cm³/mol. The molecule has 1 aromatic carbocycles. The van der Waals surface area contributed by atoms with Crippen molar-refractivity contribution in [3.8, 4) is 0 Å². The molecule has 25 heavy (non-hydrogen) atoms. The summed E-state index contributed by atoms with van der Waals surface area (Å²) in [5, 5.41) is 14.5. The van der Waals surface area contributed by atoms with Crippen LogP contribution >= 0.6 is 0 Å². The van der Waals surface area contributed by atoms with Crippen molar-refractivity contribution in [2.24, 2.45) is 0 Å². The molecule has 0 aliphatic carbocycles. The first-order valence-electron chi connectivity index (χ1n) is 7.58. The lowest BCUT2D eigenvalue weighted by atomic mass is 10.1. The monoisotopic (exact) mass is 332 g/mol. The van der Waals surface area contributed by atoms with Crippen LogP contribution in [0.5, 0.6) is 0 Å². The van der Waals surface area contributed by atoms with Crippen molar-refractivity contribution in [2.75, 3.05) is 7.05 Å². The summed E-state index contributed by atoms with van der Waals surface area (Å²) in [7, 11) is 1.73. The van der Waals surface area contributed by atoms with E-state index in [1.807, 2.05) is 18.2 Å². The van der Waals surface area contributed by atoms with E-state index in [1.165, 1.54) is 16.9 Å². The number of aromatic nitrogens is 4. The Hall–Kier alpha value is -3.61. The molecule has 7 heteroatoms. The van der Waals surface area contributed by atoms with Crippen LogP contribution in [0.25, 0.3) is 28.9 Å². The third-order valence-corrected chi connectivity index (χ3v) is 3.47. The van der Waals surface area contributed by atoms with E-state index in [0.29, 0.717) is 5.70 Å². The summed E-state index contributed by atoms with van der Waals surface area (Å²) in [6.45, 7) is 0. The number of fused-ring (bicyclic) bond motifs is 1. The molecule has 2 heterocycles. The van der Waals surface area contributed by atoms with Crippen molar-refractivity contribution < 1.29 is 0 Å². The van der Waals surface area contributed by atoms with Crippen LogP contribution in [0.4, 0.5) is 0 Å². The van der Waals surface area contributed by atoms with Crippen molar-refractivity contribution in [2.45, 2.75) is 0 Å². The molecule has 0 saturated carbocycles. The minimum atomic E-state index is -0.193. The number of nitrogens with one attached hydrogen (secondary N) is 2. The van der Waals surface area contributed by atoms with Gasteiger partial charge in [0, 0.05) is 44.1 Å². The zero-order valence-corrected chi connectivity index (χ0v) is 13.5. The lowest BCUT2D eigenvalue weighted by Gasteiger charge is -2.05. The van der Waals surface area contributed by atoms with Crippen molar-refractivity contribution in [1.82, 2.24) is 25.1 Å². The Labute approximate surface area is 143 Å². The molecular weight excluding hydrogens is 316 g/mol. The van der Waals surface area contributed by atoms with E-state index in [0.717, 1.165) is 22.8 Å². The van der Waals surface area contributed by atoms with E-state index in [4.69, 9.17) is 5.41 Å². The summed E-state index contributed by atoms with van der Waals surface area (Å²) in [5.74, 6) is 0. The van der Waals surface area contributed by atoms with Gasteiger partial charge in [-0.3, -0.25) is 14.8 Å². The maximum absolute atomic E-state index is 12.0. The van der Waals surface area contributed by atoms with Crippen LogP contribution in [0.2, 0.25) is 0 Å². The van der Waals surface area contributed by atoms with Gasteiger partial charge in [-0.2, -0.15) is 5.10 Å². The molecule has 0 bridgehead atoms. The zero-order chi connectivity index (χ0) is 17.6. The second-order valence-corrected chi connectivity index (χ2v) is 5.15. The summed E-state index contributed by atoms with van der Waals surface area (Å²) < 4.78 is 1.47. The smallest absolute Gasteiger partial charge is 0.207 e. The first-order chi connectivity index (χ1) is 12.2. The molecule has 0 amide bonds. The molecule has 124 valence electrons. The highest BCUT2D eigenvalue weighted by molar-refractivity contribution is 5.99. The minimum absolute atomic E-state index is 0.193. The van der Waals surface area contributed by atoms with E-state index in [1.54, 1.807) is 37.8 Å². The predicted octanol–water partition coefficient (Wildman–Crippen LogP) is 2.02. The van der Waals surface area contributed by atoms with Crippen molar-refractivity contribution in [1.29, 1.82) is 5.41 Å². The largest absolute Gasteiger partial charge is 0.392 e. The topological polar surface area (TPSA) is 96.6 Å². The Bertz CT molecular complexity index is 1030. The summed E-state index contributed by atoms with van der Waals surface area (Å²) in [5.41, 5.74) is 3.09. The van der Waals surface area contributed by atoms with Gasteiger partial charge in [-0.25, -0.2) is 4.68 Å². The number of hydrogen-bond donors (Lipinski definition) is 2. The van der Waals surface area contributed by atoms with Gasteiger partial charge in [0.15, 0.2) is 0 Å². The van der Waals surface area contributed by atoms with Crippen LogP contribution in [0.3, 0.4) is 0 Å². The van der Waals surface area contributed by atoms with Gasteiger partial charge in [0.2, 0.25) is 5.43 Å². The van der Waals surface area contributed by atoms with Gasteiger partial charge in [0.1, 0.15) is 5.69 Å². The Morgan fingerprint density at radius 1 is 1.16 bits per heavy atom. The van der Waals surface area contributed by atoms with E-state index in [-0.39, 0.29) is 11.1 Å². The number of allylic oxidation sites excluding steroid dienone is 1. The average Bonchev–Trinajstić information content (AvgIpc) is 2.65. The molecule has 3 aromatic rings. The number of benzene rings is 1. The highest BCUT2D eigenvalue weighted by Gasteiger charge is 2.02. The fourth-order valence-electron chi connectivity index (χ4n) is 2.26. The van der Waals surface area contributed by atoms with Crippen molar-refractivity contribution >= 4 is 35.1 Å². The van der Waals surface area contributed by atoms with Gasteiger partial charge in [-0.05, 0) is 23.8 Å². The minimum Gasteiger partial charge on any atom is -0.392 e. The van der Waals surface area contributed by atoms with Crippen LogP contribution in [0, 0.1) is 5.41 Å². The van der Waals surface area contributed by atoms with Crippen molar-refractivity contribution in [3.63, 3.8) is 0 Å². The highest BCUT2D eigenvalue weighted by Crippen LogP contribution is 2.13. The molecule has 0 aliphatic heterocycles. The van der Waals surface area contributed by atoms with Crippen molar-refractivity contribution in [3.05, 3.63) is 70.5 Å². The normalized spacial score (nSPS) is 11.8. The maximum atomic E-state index is 12.0. The van der Waals surface area contributed by atoms with Crippen LogP contribution in [-0.2, 0) is 0 Å². The third-order valence-electron chi connectivity index (χ3n) is 3.47. The standard InChI is InChI=1S/C18H16N6O/c1-20-12-14(11-19)24-9-6-18(25)16(23-24)5-3-13-2-4-15-17(10-13)22-8-7-21-15/h2-12,19-20H,1H3/b5-3+,14-12+,19-11?. The molecule has 0 unspecified atom stereocenters. The number of rotatable bonds is 5. The molecule has 3 rings (SSSR count). The van der Waals surface area contributed by atoms with E-state index >= 15 is 0 Å². The second kappa shape index (κ2) is 7.31. The Morgan fingerprint density at radius 3 is 2.72 bits per heavy atom. The maximum Gasteiger partial charge on any atom is 0.207 e. The first kappa shape index (κ1) is 16.3. The first-order valence-corrected chi connectivity index (χ1v) is 7.58. The lowest BCUT2D eigenvalue weighted by Crippen LogP contribution is -2.15. The lowest BCUT2D eigenvalue weighted by molar-refractivity contribution is 0.853. The molecule has 0 spiro atoms. The Balaban J connectivity index is 1.95. The SMILES string of the molecule is CN/C=C(\C=N)n1ccc(=O)c(/C=C/c2ccc3nccnc3c2)n1. The molecule has 2 N–H and O–H groups in total. The van der Waals surface area contributed by atoms with Gasteiger partial charge in [0.05, 0.1) is 16.7 Å². The molecule has 0 saturated heterocycles. The number of hydrogen-bond acceptors (Lipinski definition) is 6. The van der Waals surface area contributed by atoms with Crippen LogP contribution in [0.15, 0.2) is 53.9 Å². The summed E-state index contributed by atoms with van der Waals surface area (Å²) >= 11 is 0. The fourth-order valence-corrected chi connectivity index (χ4v) is 2.26. The molecular formula is C18H16N6O. The highest BCUT2D eigenvalue weighted by atomic mass is 16.1. The third kappa shape index (κ3) is 3.66.